The Balaban J connectivity index is 2.99. The number of benzene rings is 1. The molecule has 1 aromatic carbocycles. The lowest BCUT2D eigenvalue weighted by atomic mass is 10.3. The van der Waals surface area contributed by atoms with Crippen LogP contribution in [0.5, 0.6) is 0 Å². The summed E-state index contributed by atoms with van der Waals surface area (Å²) in [5.74, 6) is 0. The molecule has 0 aromatic heterocycles. The van der Waals surface area contributed by atoms with Gasteiger partial charge in [0, 0.05) is 17.6 Å². The van der Waals surface area contributed by atoms with Crippen LogP contribution >= 0.6 is 11.6 Å². The van der Waals surface area contributed by atoms with Crippen molar-refractivity contribution < 1.29 is 4.92 Å². The SMILES string of the molecule is C[Si](C)(CCl)c1ccc([N+](=O)[O-])cc1. The van der Waals surface area contributed by atoms with Crippen LogP contribution in [-0.4, -0.2) is 18.5 Å². The van der Waals surface area contributed by atoms with Crippen molar-refractivity contribution in [3.05, 3.63) is 34.4 Å². The molecule has 76 valence electrons. The molecule has 0 saturated heterocycles. The molecular weight excluding hydrogens is 218 g/mol. The zero-order valence-electron chi connectivity index (χ0n) is 8.16. The molecule has 0 heterocycles. The van der Waals surface area contributed by atoms with Gasteiger partial charge in [0.2, 0.25) is 0 Å². The number of hydrogen-bond acceptors (Lipinski definition) is 2. The van der Waals surface area contributed by atoms with Crippen LogP contribution in [0.2, 0.25) is 13.1 Å². The number of nitro benzene ring substituents is 1. The first-order valence-corrected chi connectivity index (χ1v) is 8.02. The third kappa shape index (κ3) is 2.33. The first-order valence-electron chi connectivity index (χ1n) is 4.28. The average Bonchev–Trinajstić information content (AvgIpc) is 2.18. The summed E-state index contributed by atoms with van der Waals surface area (Å²) in [6, 6.07) is 6.70. The van der Waals surface area contributed by atoms with Crippen molar-refractivity contribution in [2.75, 3.05) is 5.50 Å². The normalized spacial score (nSPS) is 11.4. The van der Waals surface area contributed by atoms with E-state index in [9.17, 15) is 10.1 Å². The lowest BCUT2D eigenvalue weighted by Crippen LogP contribution is -2.43. The minimum absolute atomic E-state index is 0.133. The van der Waals surface area contributed by atoms with Gasteiger partial charge in [0.05, 0.1) is 13.0 Å². The molecule has 0 amide bonds. The summed E-state index contributed by atoms with van der Waals surface area (Å²) in [7, 11) is -1.57. The fraction of sp³-hybridized carbons (Fsp3) is 0.333. The molecule has 14 heavy (non-hydrogen) atoms. The molecule has 0 atom stereocenters. The minimum atomic E-state index is -1.57. The van der Waals surface area contributed by atoms with E-state index in [0.717, 1.165) is 5.19 Å². The molecule has 0 aliphatic heterocycles. The third-order valence-electron chi connectivity index (χ3n) is 2.19. The Morgan fingerprint density at radius 2 is 1.86 bits per heavy atom. The third-order valence-corrected chi connectivity index (χ3v) is 6.76. The lowest BCUT2D eigenvalue weighted by molar-refractivity contribution is -0.384. The highest BCUT2D eigenvalue weighted by Crippen LogP contribution is 2.11. The van der Waals surface area contributed by atoms with Gasteiger partial charge in [-0.15, -0.1) is 11.6 Å². The van der Waals surface area contributed by atoms with Crippen molar-refractivity contribution in [1.29, 1.82) is 0 Å². The first kappa shape index (κ1) is 11.2. The average molecular weight is 230 g/mol. The summed E-state index contributed by atoms with van der Waals surface area (Å²) in [5.41, 5.74) is 0.762. The van der Waals surface area contributed by atoms with Crippen LogP contribution < -0.4 is 5.19 Å². The highest BCUT2D eigenvalue weighted by molar-refractivity contribution is 6.94. The second kappa shape index (κ2) is 4.10. The molecule has 0 aliphatic carbocycles. The number of nitro groups is 1. The quantitative estimate of drug-likeness (QED) is 0.346. The molecule has 0 unspecified atom stereocenters. The van der Waals surface area contributed by atoms with E-state index < -0.39 is 8.07 Å². The van der Waals surface area contributed by atoms with E-state index in [1.165, 1.54) is 12.1 Å². The van der Waals surface area contributed by atoms with Gasteiger partial charge in [0.1, 0.15) is 0 Å². The number of hydrogen-bond donors (Lipinski definition) is 0. The topological polar surface area (TPSA) is 43.1 Å². The Morgan fingerprint density at radius 1 is 1.36 bits per heavy atom. The molecule has 3 nitrogen and oxygen atoms in total. The smallest absolute Gasteiger partial charge is 0.258 e. The van der Waals surface area contributed by atoms with Gasteiger partial charge in [-0.05, 0) is 0 Å². The van der Waals surface area contributed by atoms with Crippen molar-refractivity contribution in [2.24, 2.45) is 0 Å². The van der Waals surface area contributed by atoms with Gasteiger partial charge in [-0.2, -0.15) is 0 Å². The number of non-ortho nitro benzene ring substituents is 1. The summed E-state index contributed by atoms with van der Waals surface area (Å²) < 4.78 is 0. The highest BCUT2D eigenvalue weighted by Gasteiger charge is 2.22. The maximum atomic E-state index is 10.4. The largest absolute Gasteiger partial charge is 0.269 e. The van der Waals surface area contributed by atoms with E-state index in [1.54, 1.807) is 0 Å². The van der Waals surface area contributed by atoms with Crippen LogP contribution in [0.15, 0.2) is 24.3 Å². The Morgan fingerprint density at radius 3 is 2.21 bits per heavy atom. The van der Waals surface area contributed by atoms with Crippen molar-refractivity contribution in [3.8, 4) is 0 Å². The van der Waals surface area contributed by atoms with Gasteiger partial charge in [-0.3, -0.25) is 10.1 Å². The van der Waals surface area contributed by atoms with Gasteiger partial charge in [-0.1, -0.05) is 30.4 Å². The zero-order valence-corrected chi connectivity index (χ0v) is 9.91. The molecule has 0 fully saturated rings. The predicted molar refractivity (Wildman–Crippen MR) is 60.9 cm³/mol. The fourth-order valence-electron chi connectivity index (χ4n) is 1.11. The molecule has 5 heteroatoms. The second-order valence-electron chi connectivity index (χ2n) is 3.82. The Bertz CT molecular complexity index is 337. The van der Waals surface area contributed by atoms with E-state index in [2.05, 4.69) is 13.1 Å². The van der Waals surface area contributed by atoms with Crippen LogP contribution in [0.4, 0.5) is 5.69 Å². The second-order valence-corrected chi connectivity index (χ2v) is 9.24. The summed E-state index contributed by atoms with van der Waals surface area (Å²) in [4.78, 5) is 10.0. The Labute approximate surface area is 88.9 Å². The molecule has 1 rings (SSSR count). The van der Waals surface area contributed by atoms with E-state index in [-0.39, 0.29) is 10.6 Å². The summed E-state index contributed by atoms with van der Waals surface area (Å²) >= 11 is 5.86. The van der Waals surface area contributed by atoms with Gasteiger partial charge in [0.25, 0.3) is 5.69 Å². The zero-order chi connectivity index (χ0) is 10.8. The van der Waals surface area contributed by atoms with Crippen LogP contribution in [0.3, 0.4) is 0 Å². The molecule has 0 bridgehead atoms. The van der Waals surface area contributed by atoms with Gasteiger partial charge < -0.3 is 0 Å². The van der Waals surface area contributed by atoms with E-state index in [0.29, 0.717) is 5.50 Å². The van der Waals surface area contributed by atoms with Crippen LogP contribution in [-0.2, 0) is 0 Å². The first-order chi connectivity index (χ1) is 6.47. The van der Waals surface area contributed by atoms with Crippen molar-refractivity contribution in [2.45, 2.75) is 13.1 Å². The van der Waals surface area contributed by atoms with Crippen molar-refractivity contribution in [1.82, 2.24) is 0 Å². The van der Waals surface area contributed by atoms with Gasteiger partial charge in [-0.25, -0.2) is 0 Å². The van der Waals surface area contributed by atoms with E-state index >= 15 is 0 Å². The number of rotatable bonds is 3. The fourth-order valence-corrected chi connectivity index (χ4v) is 2.80. The van der Waals surface area contributed by atoms with Crippen molar-refractivity contribution in [3.63, 3.8) is 0 Å². The maximum Gasteiger partial charge on any atom is 0.269 e. The minimum Gasteiger partial charge on any atom is -0.258 e. The standard InChI is InChI=1S/C9H12ClNO2Si/c1-14(2,7-10)9-5-3-8(4-6-9)11(12)13/h3-6H,7H2,1-2H3. The Kier molecular flexibility index (Phi) is 3.28. The molecule has 0 saturated carbocycles. The van der Waals surface area contributed by atoms with Gasteiger partial charge >= 0.3 is 0 Å². The van der Waals surface area contributed by atoms with Crippen LogP contribution in [0.1, 0.15) is 0 Å². The van der Waals surface area contributed by atoms with Crippen molar-refractivity contribution >= 4 is 30.5 Å². The molecule has 0 radical (unpaired) electrons. The lowest BCUT2D eigenvalue weighted by Gasteiger charge is -2.18. The highest BCUT2D eigenvalue weighted by atomic mass is 35.5. The summed E-state index contributed by atoms with van der Waals surface area (Å²) in [6.07, 6.45) is 0. The molecular formula is C9H12ClNO2Si. The number of halogens is 1. The molecule has 0 aliphatic rings. The summed E-state index contributed by atoms with van der Waals surface area (Å²) in [6.45, 7) is 4.28. The molecule has 0 N–H and O–H groups in total. The number of nitrogens with zero attached hydrogens (tertiary/aromatic N) is 1. The molecule has 1 aromatic rings. The van der Waals surface area contributed by atoms with Crippen LogP contribution in [0.25, 0.3) is 0 Å². The predicted octanol–water partition coefficient (Wildman–Crippen LogP) is 2.29. The molecule has 0 spiro atoms. The van der Waals surface area contributed by atoms with Gasteiger partial charge in [0.15, 0.2) is 0 Å². The Hall–Kier alpha value is -0.873. The number of alkyl halides is 1. The van der Waals surface area contributed by atoms with E-state index in [1.807, 2.05) is 12.1 Å². The maximum absolute atomic E-state index is 10.4. The van der Waals surface area contributed by atoms with E-state index in [4.69, 9.17) is 11.6 Å². The summed E-state index contributed by atoms with van der Waals surface area (Å²) in [5, 5.41) is 11.6. The monoisotopic (exact) mass is 229 g/mol. The van der Waals surface area contributed by atoms with Crippen LogP contribution in [0, 0.1) is 10.1 Å².